The van der Waals surface area contributed by atoms with Gasteiger partial charge in [-0.25, -0.2) is 0 Å². The summed E-state index contributed by atoms with van der Waals surface area (Å²) in [6.07, 6.45) is 1.74. The summed E-state index contributed by atoms with van der Waals surface area (Å²) in [5.41, 5.74) is 8.00. The second-order valence-electron chi connectivity index (χ2n) is 4.14. The minimum Gasteiger partial charge on any atom is -0.486 e. The van der Waals surface area contributed by atoms with Crippen LogP contribution in [0.5, 0.6) is 11.5 Å². The molecule has 2 N–H and O–H groups in total. The summed E-state index contributed by atoms with van der Waals surface area (Å²) in [6, 6.07) is 11.2. The Kier molecular flexibility index (Phi) is 2.86. The highest BCUT2D eigenvalue weighted by molar-refractivity contribution is 5.45. The Morgan fingerprint density at radius 3 is 2.67 bits per heavy atom. The zero-order valence-electron chi connectivity index (χ0n) is 9.87. The molecule has 1 aliphatic heterocycles. The molecular formula is C14H14N2O2. The summed E-state index contributed by atoms with van der Waals surface area (Å²) in [6.45, 7) is 1.17. The number of hydrogen-bond donors (Lipinski definition) is 1. The second kappa shape index (κ2) is 4.66. The first-order valence-corrected chi connectivity index (χ1v) is 5.90. The molecule has 92 valence electrons. The number of nitrogens with two attached hydrogens (primary N) is 1. The first kappa shape index (κ1) is 11.0. The average Bonchev–Trinajstić information content (AvgIpc) is 2.47. The number of aromatic nitrogens is 1. The molecule has 0 saturated carbocycles. The standard InChI is InChI=1S/C14H14N2O2/c15-14(11-3-1-2-6-16-11)10-4-5-12-13(9-10)18-8-7-17-12/h1-6,9,14H,7-8,15H2. The highest BCUT2D eigenvalue weighted by Gasteiger charge is 2.16. The van der Waals surface area contributed by atoms with Crippen molar-refractivity contribution in [3.05, 3.63) is 53.9 Å². The van der Waals surface area contributed by atoms with Crippen LogP contribution in [-0.4, -0.2) is 18.2 Å². The molecule has 0 aliphatic carbocycles. The van der Waals surface area contributed by atoms with Gasteiger partial charge in [-0.15, -0.1) is 0 Å². The molecule has 3 rings (SSSR count). The minimum absolute atomic E-state index is 0.248. The fourth-order valence-electron chi connectivity index (χ4n) is 1.98. The van der Waals surface area contributed by atoms with Crippen molar-refractivity contribution in [1.29, 1.82) is 0 Å². The molecule has 0 fully saturated rings. The molecule has 1 atom stereocenters. The molecule has 0 radical (unpaired) electrons. The van der Waals surface area contributed by atoms with Gasteiger partial charge in [-0.2, -0.15) is 0 Å². The smallest absolute Gasteiger partial charge is 0.161 e. The van der Waals surface area contributed by atoms with E-state index in [0.717, 1.165) is 22.8 Å². The number of rotatable bonds is 2. The van der Waals surface area contributed by atoms with Crippen LogP contribution in [0.3, 0.4) is 0 Å². The summed E-state index contributed by atoms with van der Waals surface area (Å²) >= 11 is 0. The van der Waals surface area contributed by atoms with Crippen LogP contribution in [0, 0.1) is 0 Å². The Balaban J connectivity index is 1.93. The lowest BCUT2D eigenvalue weighted by Gasteiger charge is -2.20. The molecule has 4 nitrogen and oxygen atoms in total. The van der Waals surface area contributed by atoms with Crippen molar-refractivity contribution in [2.45, 2.75) is 6.04 Å². The van der Waals surface area contributed by atoms with Crippen molar-refractivity contribution < 1.29 is 9.47 Å². The maximum Gasteiger partial charge on any atom is 0.161 e. The van der Waals surface area contributed by atoms with E-state index in [0.29, 0.717) is 13.2 Å². The SMILES string of the molecule is NC(c1ccc2c(c1)OCCO2)c1ccccn1. The molecule has 1 unspecified atom stereocenters. The van der Waals surface area contributed by atoms with Crippen LogP contribution in [-0.2, 0) is 0 Å². The van der Waals surface area contributed by atoms with E-state index in [1.54, 1.807) is 6.20 Å². The Morgan fingerprint density at radius 1 is 1.06 bits per heavy atom. The molecule has 0 bridgehead atoms. The van der Waals surface area contributed by atoms with Crippen molar-refractivity contribution in [3.8, 4) is 11.5 Å². The third-order valence-corrected chi connectivity index (χ3v) is 2.93. The van der Waals surface area contributed by atoms with Crippen LogP contribution >= 0.6 is 0 Å². The van der Waals surface area contributed by atoms with Gasteiger partial charge in [0.25, 0.3) is 0 Å². The van der Waals surface area contributed by atoms with Crippen molar-refractivity contribution in [2.24, 2.45) is 5.73 Å². The Bertz CT molecular complexity index is 543. The van der Waals surface area contributed by atoms with Gasteiger partial charge in [-0.3, -0.25) is 4.98 Å². The molecular weight excluding hydrogens is 228 g/mol. The Hall–Kier alpha value is -2.07. The van der Waals surface area contributed by atoms with E-state index >= 15 is 0 Å². The largest absolute Gasteiger partial charge is 0.486 e. The lowest BCUT2D eigenvalue weighted by Crippen LogP contribution is -2.17. The molecule has 18 heavy (non-hydrogen) atoms. The quantitative estimate of drug-likeness (QED) is 0.873. The monoisotopic (exact) mass is 242 g/mol. The molecule has 1 aliphatic rings. The predicted molar refractivity (Wildman–Crippen MR) is 67.7 cm³/mol. The number of pyridine rings is 1. The van der Waals surface area contributed by atoms with E-state index in [4.69, 9.17) is 15.2 Å². The van der Waals surface area contributed by atoms with Crippen LogP contribution < -0.4 is 15.2 Å². The molecule has 2 aromatic rings. The highest BCUT2D eigenvalue weighted by atomic mass is 16.6. The van der Waals surface area contributed by atoms with E-state index in [1.165, 1.54) is 0 Å². The van der Waals surface area contributed by atoms with Crippen LogP contribution in [0.2, 0.25) is 0 Å². The fraction of sp³-hybridized carbons (Fsp3) is 0.214. The maximum atomic E-state index is 6.19. The zero-order valence-corrected chi connectivity index (χ0v) is 9.87. The third-order valence-electron chi connectivity index (χ3n) is 2.93. The van der Waals surface area contributed by atoms with Crippen molar-refractivity contribution in [3.63, 3.8) is 0 Å². The van der Waals surface area contributed by atoms with Crippen LogP contribution in [0.15, 0.2) is 42.6 Å². The first-order valence-electron chi connectivity index (χ1n) is 5.90. The maximum absolute atomic E-state index is 6.19. The van der Waals surface area contributed by atoms with Gasteiger partial charge in [-0.05, 0) is 29.8 Å². The average molecular weight is 242 g/mol. The number of nitrogens with zero attached hydrogens (tertiary/aromatic N) is 1. The lowest BCUT2D eigenvalue weighted by molar-refractivity contribution is 0.171. The van der Waals surface area contributed by atoms with Crippen LogP contribution in [0.4, 0.5) is 0 Å². The number of ether oxygens (including phenoxy) is 2. The second-order valence-corrected chi connectivity index (χ2v) is 4.14. The number of fused-ring (bicyclic) bond motifs is 1. The van der Waals surface area contributed by atoms with E-state index < -0.39 is 0 Å². The molecule has 4 heteroatoms. The molecule has 2 heterocycles. The van der Waals surface area contributed by atoms with E-state index in [-0.39, 0.29) is 6.04 Å². The van der Waals surface area contributed by atoms with Gasteiger partial charge in [0, 0.05) is 6.20 Å². The number of benzene rings is 1. The topological polar surface area (TPSA) is 57.4 Å². The molecule has 0 amide bonds. The summed E-state index contributed by atoms with van der Waals surface area (Å²) in [5, 5.41) is 0. The molecule has 0 saturated heterocycles. The van der Waals surface area contributed by atoms with E-state index in [2.05, 4.69) is 4.98 Å². The lowest BCUT2D eigenvalue weighted by atomic mass is 10.0. The highest BCUT2D eigenvalue weighted by Crippen LogP contribution is 2.33. The first-order chi connectivity index (χ1) is 8.84. The summed E-state index contributed by atoms with van der Waals surface area (Å²) in [4.78, 5) is 4.27. The Labute approximate surface area is 105 Å². The number of hydrogen-bond acceptors (Lipinski definition) is 4. The summed E-state index contributed by atoms with van der Waals surface area (Å²) < 4.78 is 11.0. The van der Waals surface area contributed by atoms with Crippen molar-refractivity contribution >= 4 is 0 Å². The van der Waals surface area contributed by atoms with Gasteiger partial charge in [-0.1, -0.05) is 12.1 Å². The van der Waals surface area contributed by atoms with Crippen LogP contribution in [0.25, 0.3) is 0 Å². The Morgan fingerprint density at radius 2 is 1.89 bits per heavy atom. The predicted octanol–water partition coefficient (Wildman–Crippen LogP) is 1.90. The normalized spacial score (nSPS) is 15.2. The van der Waals surface area contributed by atoms with E-state index in [1.807, 2.05) is 36.4 Å². The zero-order chi connectivity index (χ0) is 12.4. The van der Waals surface area contributed by atoms with Gasteiger partial charge >= 0.3 is 0 Å². The minimum atomic E-state index is -0.248. The summed E-state index contributed by atoms with van der Waals surface area (Å²) in [5.74, 6) is 1.53. The van der Waals surface area contributed by atoms with Crippen molar-refractivity contribution in [2.75, 3.05) is 13.2 Å². The molecule has 1 aromatic heterocycles. The van der Waals surface area contributed by atoms with Gasteiger partial charge in [0.1, 0.15) is 13.2 Å². The van der Waals surface area contributed by atoms with Crippen LogP contribution in [0.1, 0.15) is 17.3 Å². The van der Waals surface area contributed by atoms with E-state index in [9.17, 15) is 0 Å². The molecule has 1 aromatic carbocycles. The summed E-state index contributed by atoms with van der Waals surface area (Å²) in [7, 11) is 0. The van der Waals surface area contributed by atoms with Crippen molar-refractivity contribution in [1.82, 2.24) is 4.98 Å². The van der Waals surface area contributed by atoms with Gasteiger partial charge in [0.05, 0.1) is 11.7 Å². The van der Waals surface area contributed by atoms with Gasteiger partial charge < -0.3 is 15.2 Å². The fourth-order valence-corrected chi connectivity index (χ4v) is 1.98. The molecule has 0 spiro atoms. The third kappa shape index (κ3) is 2.02. The van der Waals surface area contributed by atoms with Gasteiger partial charge in [0.2, 0.25) is 0 Å². The van der Waals surface area contributed by atoms with Gasteiger partial charge in [0.15, 0.2) is 11.5 Å².